The van der Waals surface area contributed by atoms with Crippen LogP contribution in [0.1, 0.15) is 10.4 Å². The van der Waals surface area contributed by atoms with Crippen LogP contribution in [-0.2, 0) is 0 Å². The summed E-state index contributed by atoms with van der Waals surface area (Å²) in [5.41, 5.74) is 0.799. The second-order valence-corrected chi connectivity index (χ2v) is 3.82. The van der Waals surface area contributed by atoms with E-state index in [4.69, 9.17) is 0 Å². The third-order valence-electron chi connectivity index (χ3n) is 2.57. The largest absolute Gasteiger partial charge is 0.508 e. The molecule has 0 radical (unpaired) electrons. The fraction of sp³-hybridized carbons (Fsp3) is 0.0769. The van der Waals surface area contributed by atoms with Crippen LogP contribution >= 0.6 is 0 Å². The molecule has 5 heteroatoms. The van der Waals surface area contributed by atoms with Crippen molar-refractivity contribution in [3.8, 4) is 5.75 Å². The van der Waals surface area contributed by atoms with Crippen molar-refractivity contribution in [3.63, 3.8) is 0 Å². The summed E-state index contributed by atoms with van der Waals surface area (Å²) in [7, 11) is 1.62. The van der Waals surface area contributed by atoms with Crippen LogP contribution in [0.4, 0.5) is 5.69 Å². The fourth-order valence-corrected chi connectivity index (χ4v) is 1.53. The summed E-state index contributed by atoms with van der Waals surface area (Å²) < 4.78 is 0. The number of nitrogens with one attached hydrogen (secondary N) is 1. The lowest BCUT2D eigenvalue weighted by Gasteiger charge is -2.17. The van der Waals surface area contributed by atoms with Gasteiger partial charge in [-0.15, -0.1) is 0 Å². The number of amides is 1. The monoisotopic (exact) mass is 244 g/mol. The molecule has 1 amide bonds. The quantitative estimate of drug-likeness (QED) is 0.837. The first-order valence-electron chi connectivity index (χ1n) is 5.34. The Kier molecular flexibility index (Phi) is 3.14. The molecule has 0 fully saturated rings. The number of H-pyrrole nitrogens is 1. The van der Waals surface area contributed by atoms with Gasteiger partial charge in [-0.3, -0.25) is 9.59 Å². The van der Waals surface area contributed by atoms with Crippen molar-refractivity contribution in [1.29, 1.82) is 0 Å². The van der Waals surface area contributed by atoms with Crippen LogP contribution in [-0.4, -0.2) is 23.0 Å². The van der Waals surface area contributed by atoms with Gasteiger partial charge in [0.15, 0.2) is 0 Å². The zero-order chi connectivity index (χ0) is 13.1. The van der Waals surface area contributed by atoms with E-state index in [1.165, 1.54) is 35.4 Å². The fourth-order valence-electron chi connectivity index (χ4n) is 1.53. The summed E-state index contributed by atoms with van der Waals surface area (Å²) in [6.07, 6.45) is 1.38. The van der Waals surface area contributed by atoms with E-state index in [2.05, 4.69) is 4.98 Å². The summed E-state index contributed by atoms with van der Waals surface area (Å²) in [5.74, 6) is -0.0967. The molecule has 0 atom stereocenters. The van der Waals surface area contributed by atoms with Gasteiger partial charge in [0, 0.05) is 25.0 Å². The Balaban J connectivity index is 2.25. The van der Waals surface area contributed by atoms with Gasteiger partial charge in [0.25, 0.3) is 5.91 Å². The smallest absolute Gasteiger partial charge is 0.259 e. The molecule has 0 bridgehead atoms. The highest BCUT2D eigenvalue weighted by Crippen LogP contribution is 2.18. The number of hydrogen-bond acceptors (Lipinski definition) is 3. The summed E-state index contributed by atoms with van der Waals surface area (Å²) in [6, 6.07) is 9.06. The first-order valence-corrected chi connectivity index (χ1v) is 5.34. The number of anilines is 1. The Bertz CT molecular complexity index is 596. The number of aromatic nitrogens is 1. The number of phenols is 1. The number of pyridine rings is 1. The summed E-state index contributed by atoms with van der Waals surface area (Å²) in [5, 5.41) is 9.18. The van der Waals surface area contributed by atoms with Crippen LogP contribution in [0.25, 0.3) is 0 Å². The van der Waals surface area contributed by atoms with Gasteiger partial charge >= 0.3 is 0 Å². The van der Waals surface area contributed by atoms with E-state index >= 15 is 0 Å². The van der Waals surface area contributed by atoms with Gasteiger partial charge in [-0.25, -0.2) is 0 Å². The number of nitrogens with zero attached hydrogens (tertiary/aromatic N) is 1. The van der Waals surface area contributed by atoms with Gasteiger partial charge in [0.1, 0.15) is 5.75 Å². The molecule has 0 aliphatic carbocycles. The van der Waals surface area contributed by atoms with Crippen LogP contribution in [0, 0.1) is 0 Å². The number of benzene rings is 1. The molecular formula is C13H12N2O3. The number of carbonyl (C=O) groups is 1. The van der Waals surface area contributed by atoms with Crippen molar-refractivity contribution >= 4 is 11.6 Å². The average Bonchev–Trinajstić information content (AvgIpc) is 2.39. The third kappa shape index (κ3) is 2.40. The van der Waals surface area contributed by atoms with Crippen molar-refractivity contribution in [2.75, 3.05) is 11.9 Å². The second kappa shape index (κ2) is 4.75. The SMILES string of the molecule is CN(C(=O)c1ccc(=O)[nH]c1)c1ccc(O)cc1. The molecule has 2 aromatic rings. The lowest BCUT2D eigenvalue weighted by Crippen LogP contribution is -2.26. The second-order valence-electron chi connectivity index (χ2n) is 3.82. The number of rotatable bonds is 2. The van der Waals surface area contributed by atoms with E-state index in [0.717, 1.165) is 0 Å². The van der Waals surface area contributed by atoms with Gasteiger partial charge in [0.2, 0.25) is 5.56 Å². The Hall–Kier alpha value is -2.56. The van der Waals surface area contributed by atoms with Gasteiger partial charge < -0.3 is 15.0 Å². The number of aromatic hydroxyl groups is 1. The molecule has 18 heavy (non-hydrogen) atoms. The molecule has 2 rings (SSSR count). The molecule has 1 heterocycles. The zero-order valence-corrected chi connectivity index (χ0v) is 9.75. The van der Waals surface area contributed by atoms with E-state index < -0.39 is 0 Å². The van der Waals surface area contributed by atoms with Crippen molar-refractivity contribution in [3.05, 3.63) is 58.5 Å². The maximum atomic E-state index is 12.1. The first-order chi connectivity index (χ1) is 8.58. The molecular weight excluding hydrogens is 232 g/mol. The Morgan fingerprint density at radius 2 is 1.83 bits per heavy atom. The minimum Gasteiger partial charge on any atom is -0.508 e. The molecule has 92 valence electrons. The van der Waals surface area contributed by atoms with E-state index in [-0.39, 0.29) is 17.2 Å². The van der Waals surface area contributed by atoms with Crippen LogP contribution in [0.5, 0.6) is 5.75 Å². The predicted octanol–water partition coefficient (Wildman–Crippen LogP) is 1.36. The highest BCUT2D eigenvalue weighted by atomic mass is 16.3. The van der Waals surface area contributed by atoms with Crippen LogP contribution in [0.3, 0.4) is 0 Å². The standard InChI is InChI=1S/C13H12N2O3/c1-15(10-3-5-11(16)6-4-10)13(18)9-2-7-12(17)14-8-9/h2-8,16H,1H3,(H,14,17). The van der Waals surface area contributed by atoms with Gasteiger partial charge in [-0.1, -0.05) is 0 Å². The van der Waals surface area contributed by atoms with Gasteiger partial charge in [0.05, 0.1) is 5.56 Å². The van der Waals surface area contributed by atoms with Crippen LogP contribution in [0.15, 0.2) is 47.4 Å². The molecule has 2 N–H and O–H groups in total. The molecule has 0 spiro atoms. The number of aromatic amines is 1. The minimum atomic E-state index is -0.251. The zero-order valence-electron chi connectivity index (χ0n) is 9.75. The van der Waals surface area contributed by atoms with E-state index in [9.17, 15) is 14.7 Å². The normalized spacial score (nSPS) is 10.1. The number of hydrogen-bond donors (Lipinski definition) is 2. The maximum Gasteiger partial charge on any atom is 0.259 e. The minimum absolute atomic E-state index is 0.142. The van der Waals surface area contributed by atoms with Crippen molar-refractivity contribution < 1.29 is 9.90 Å². The highest BCUT2D eigenvalue weighted by molar-refractivity contribution is 6.05. The van der Waals surface area contributed by atoms with Crippen LogP contribution < -0.4 is 10.5 Å². The molecule has 0 saturated carbocycles. The lowest BCUT2D eigenvalue weighted by atomic mass is 10.2. The van der Waals surface area contributed by atoms with Crippen molar-refractivity contribution in [1.82, 2.24) is 4.98 Å². The van der Waals surface area contributed by atoms with Crippen molar-refractivity contribution in [2.24, 2.45) is 0 Å². The molecule has 0 saturated heterocycles. The number of phenolic OH excluding ortho intramolecular Hbond substituents is 1. The van der Waals surface area contributed by atoms with Crippen molar-refractivity contribution in [2.45, 2.75) is 0 Å². The topological polar surface area (TPSA) is 73.4 Å². The maximum absolute atomic E-state index is 12.1. The predicted molar refractivity (Wildman–Crippen MR) is 67.9 cm³/mol. The molecule has 1 aromatic heterocycles. The molecule has 0 unspecified atom stereocenters. The highest BCUT2D eigenvalue weighted by Gasteiger charge is 2.13. The molecule has 5 nitrogen and oxygen atoms in total. The summed E-state index contributed by atoms with van der Waals surface area (Å²) in [6.45, 7) is 0. The Morgan fingerprint density at radius 3 is 2.39 bits per heavy atom. The van der Waals surface area contributed by atoms with E-state index in [1.54, 1.807) is 19.2 Å². The molecule has 0 aliphatic rings. The van der Waals surface area contributed by atoms with Gasteiger partial charge in [-0.05, 0) is 30.3 Å². The summed E-state index contributed by atoms with van der Waals surface area (Å²) >= 11 is 0. The summed E-state index contributed by atoms with van der Waals surface area (Å²) in [4.78, 5) is 26.9. The van der Waals surface area contributed by atoms with E-state index in [0.29, 0.717) is 11.3 Å². The average molecular weight is 244 g/mol. The van der Waals surface area contributed by atoms with Gasteiger partial charge in [-0.2, -0.15) is 0 Å². The lowest BCUT2D eigenvalue weighted by molar-refractivity contribution is 0.0992. The third-order valence-corrected chi connectivity index (χ3v) is 2.57. The molecule has 0 aliphatic heterocycles. The Morgan fingerprint density at radius 1 is 1.17 bits per heavy atom. The Labute approximate surface area is 103 Å². The number of carbonyl (C=O) groups excluding carboxylic acids is 1. The van der Waals surface area contributed by atoms with Crippen LogP contribution in [0.2, 0.25) is 0 Å². The molecule has 1 aromatic carbocycles. The van der Waals surface area contributed by atoms with E-state index in [1.807, 2.05) is 0 Å². The first kappa shape index (κ1) is 11.9.